The van der Waals surface area contributed by atoms with Crippen LogP contribution in [0.4, 0.5) is 0 Å². The smallest absolute Gasteiger partial charge is 0.408 e. The van der Waals surface area contributed by atoms with Crippen molar-refractivity contribution in [2.24, 2.45) is 7.05 Å². The Balaban J connectivity index is 1.31. The molecule has 0 bridgehead atoms. The Morgan fingerprint density at radius 3 is 2.72 bits per heavy atom. The maximum atomic E-state index is 12.9. The van der Waals surface area contributed by atoms with Crippen LogP contribution in [0.15, 0.2) is 50.9 Å². The first kappa shape index (κ1) is 17.8. The van der Waals surface area contributed by atoms with Crippen LogP contribution in [0.25, 0.3) is 11.1 Å². The van der Waals surface area contributed by atoms with Crippen molar-refractivity contribution in [1.82, 2.24) is 38.9 Å². The number of aromatic nitrogens is 7. The molecule has 3 aromatic heterocycles. The van der Waals surface area contributed by atoms with E-state index in [0.717, 1.165) is 0 Å². The zero-order valence-electron chi connectivity index (χ0n) is 15.3. The molecule has 1 fully saturated rings. The molecule has 0 spiro atoms. The highest BCUT2D eigenvalue weighted by atomic mass is 32.2. The summed E-state index contributed by atoms with van der Waals surface area (Å²) >= 11 is 0. The number of benzene rings is 1. The minimum Gasteiger partial charge on any atom is -0.408 e. The van der Waals surface area contributed by atoms with Gasteiger partial charge in [0.15, 0.2) is 5.58 Å². The van der Waals surface area contributed by atoms with E-state index in [1.54, 1.807) is 23.3 Å². The molecule has 150 valence electrons. The van der Waals surface area contributed by atoms with Gasteiger partial charge < -0.3 is 4.42 Å². The molecule has 5 rings (SSSR count). The van der Waals surface area contributed by atoms with Crippen LogP contribution in [0.1, 0.15) is 11.7 Å². The average Bonchev–Trinajstić information content (AvgIpc) is 3.37. The number of sulfonamides is 1. The van der Waals surface area contributed by atoms with Gasteiger partial charge in [0.1, 0.15) is 12.2 Å². The van der Waals surface area contributed by atoms with Crippen molar-refractivity contribution >= 4 is 21.1 Å². The van der Waals surface area contributed by atoms with Crippen molar-refractivity contribution in [3.8, 4) is 0 Å². The molecule has 1 aromatic carbocycles. The van der Waals surface area contributed by atoms with Crippen LogP contribution in [-0.2, 0) is 23.6 Å². The van der Waals surface area contributed by atoms with Crippen molar-refractivity contribution in [1.29, 1.82) is 0 Å². The lowest BCUT2D eigenvalue weighted by atomic mass is 10.2. The third-order valence-corrected chi connectivity index (χ3v) is 6.76. The van der Waals surface area contributed by atoms with Crippen molar-refractivity contribution in [3.63, 3.8) is 0 Å². The minimum absolute atomic E-state index is 0.0985. The van der Waals surface area contributed by atoms with Gasteiger partial charge in [0.05, 0.1) is 35.0 Å². The van der Waals surface area contributed by atoms with Gasteiger partial charge in [-0.3, -0.25) is 4.57 Å². The molecule has 29 heavy (non-hydrogen) atoms. The van der Waals surface area contributed by atoms with E-state index in [4.69, 9.17) is 4.42 Å². The monoisotopic (exact) mass is 416 g/mol. The average molecular weight is 416 g/mol. The highest BCUT2D eigenvalue weighted by molar-refractivity contribution is 7.89. The summed E-state index contributed by atoms with van der Waals surface area (Å²) in [5.74, 6) is -0.536. The van der Waals surface area contributed by atoms with E-state index in [0.29, 0.717) is 23.3 Å². The fourth-order valence-corrected chi connectivity index (χ4v) is 4.77. The van der Waals surface area contributed by atoms with Gasteiger partial charge in [0.2, 0.25) is 10.0 Å². The largest absolute Gasteiger partial charge is 0.419 e. The van der Waals surface area contributed by atoms with Gasteiger partial charge in [-0.05, 0) is 18.2 Å². The number of oxazole rings is 1. The lowest BCUT2D eigenvalue weighted by molar-refractivity contribution is 0.189. The number of aryl methyl sites for hydroxylation is 1. The molecule has 4 heterocycles. The summed E-state index contributed by atoms with van der Waals surface area (Å²) in [4.78, 5) is 13.2. The molecule has 0 saturated carbocycles. The van der Waals surface area contributed by atoms with Crippen LogP contribution < -0.4 is 5.76 Å². The van der Waals surface area contributed by atoms with Crippen molar-refractivity contribution in [2.45, 2.75) is 17.5 Å². The summed E-state index contributed by atoms with van der Waals surface area (Å²) in [6.07, 6.45) is 4.93. The number of fused-ring (bicyclic) bond motifs is 1. The van der Waals surface area contributed by atoms with E-state index in [1.807, 2.05) is 0 Å². The SMILES string of the molecule is Cn1c(=O)oc2ccc(S(=O)(=O)N3CC(n4cc(Cn5nccn5)nn4)C3)cc21. The Hall–Kier alpha value is -3.32. The maximum absolute atomic E-state index is 12.9. The standard InChI is InChI=1S/C16H16N8O4S/c1-21-14-6-13(2-3-15(14)28-16(21)25)29(26,27)22-9-12(10-22)23-7-11(19-20-23)8-24-17-4-5-18-24/h2-7,12H,8-10H2,1H3. The normalized spacial score (nSPS) is 15.8. The van der Waals surface area contributed by atoms with Crippen molar-refractivity contribution in [2.75, 3.05) is 13.1 Å². The lowest BCUT2D eigenvalue weighted by Gasteiger charge is -2.37. The molecule has 0 aliphatic carbocycles. The predicted molar refractivity (Wildman–Crippen MR) is 98.4 cm³/mol. The molecule has 0 unspecified atom stereocenters. The first-order chi connectivity index (χ1) is 13.9. The van der Waals surface area contributed by atoms with E-state index in [1.165, 1.54) is 38.9 Å². The molecule has 0 N–H and O–H groups in total. The van der Waals surface area contributed by atoms with E-state index >= 15 is 0 Å². The van der Waals surface area contributed by atoms with Crippen LogP contribution >= 0.6 is 0 Å². The third-order valence-electron chi connectivity index (χ3n) is 4.93. The fourth-order valence-electron chi connectivity index (χ4n) is 3.23. The summed E-state index contributed by atoms with van der Waals surface area (Å²) < 4.78 is 35.2. The van der Waals surface area contributed by atoms with E-state index in [9.17, 15) is 13.2 Å². The van der Waals surface area contributed by atoms with Crippen molar-refractivity contribution in [3.05, 3.63) is 53.0 Å². The number of rotatable bonds is 5. The lowest BCUT2D eigenvalue weighted by Crippen LogP contribution is -2.50. The molecular formula is C16H16N8O4S. The van der Waals surface area contributed by atoms with E-state index in [2.05, 4.69) is 20.5 Å². The number of nitrogens with zero attached hydrogens (tertiary/aromatic N) is 8. The Bertz CT molecular complexity index is 1350. The van der Waals surface area contributed by atoms with Gasteiger partial charge in [0, 0.05) is 20.1 Å². The summed E-state index contributed by atoms with van der Waals surface area (Å²) in [5.41, 5.74) is 1.47. The number of hydrogen-bond donors (Lipinski definition) is 0. The third kappa shape index (κ3) is 2.94. The molecule has 1 aliphatic heterocycles. The summed E-state index contributed by atoms with van der Waals surface area (Å²) in [6, 6.07) is 4.29. The summed E-state index contributed by atoms with van der Waals surface area (Å²) in [5, 5.41) is 16.2. The van der Waals surface area contributed by atoms with E-state index in [-0.39, 0.29) is 24.0 Å². The molecule has 0 amide bonds. The second-order valence-electron chi connectivity index (χ2n) is 6.78. The Morgan fingerprint density at radius 2 is 1.97 bits per heavy atom. The number of hydrogen-bond acceptors (Lipinski definition) is 8. The Labute approximate surface area is 164 Å². The van der Waals surface area contributed by atoms with Gasteiger partial charge in [-0.2, -0.15) is 19.3 Å². The molecule has 1 saturated heterocycles. The van der Waals surface area contributed by atoms with Gasteiger partial charge in [-0.1, -0.05) is 5.21 Å². The van der Waals surface area contributed by atoms with Gasteiger partial charge in [-0.25, -0.2) is 17.9 Å². The van der Waals surface area contributed by atoms with E-state index < -0.39 is 15.8 Å². The fraction of sp³-hybridized carbons (Fsp3) is 0.312. The molecule has 1 aliphatic rings. The van der Waals surface area contributed by atoms with Crippen LogP contribution in [0.5, 0.6) is 0 Å². The van der Waals surface area contributed by atoms with Gasteiger partial charge in [0.25, 0.3) is 0 Å². The molecular weight excluding hydrogens is 400 g/mol. The summed E-state index contributed by atoms with van der Waals surface area (Å²) in [7, 11) is -2.15. The highest BCUT2D eigenvalue weighted by Gasteiger charge is 2.38. The van der Waals surface area contributed by atoms with Crippen LogP contribution in [-0.4, -0.2) is 60.4 Å². The zero-order valence-corrected chi connectivity index (χ0v) is 16.1. The highest BCUT2D eigenvalue weighted by Crippen LogP contribution is 2.29. The maximum Gasteiger partial charge on any atom is 0.419 e. The second kappa shape index (κ2) is 6.35. The summed E-state index contributed by atoms with van der Waals surface area (Å²) in [6.45, 7) is 0.964. The van der Waals surface area contributed by atoms with Gasteiger partial charge >= 0.3 is 5.76 Å². The van der Waals surface area contributed by atoms with Crippen LogP contribution in [0.3, 0.4) is 0 Å². The Kier molecular flexibility index (Phi) is 3.89. The quantitative estimate of drug-likeness (QED) is 0.429. The predicted octanol–water partition coefficient (Wildman–Crippen LogP) is -0.392. The molecule has 0 atom stereocenters. The molecule has 13 heteroatoms. The minimum atomic E-state index is -3.69. The van der Waals surface area contributed by atoms with Gasteiger partial charge in [-0.15, -0.1) is 5.10 Å². The van der Waals surface area contributed by atoms with Crippen LogP contribution in [0.2, 0.25) is 0 Å². The molecule has 12 nitrogen and oxygen atoms in total. The topological polar surface area (TPSA) is 134 Å². The zero-order chi connectivity index (χ0) is 20.2. The van der Waals surface area contributed by atoms with Crippen molar-refractivity contribution < 1.29 is 12.8 Å². The second-order valence-corrected chi connectivity index (χ2v) is 8.72. The molecule has 4 aromatic rings. The first-order valence-corrected chi connectivity index (χ1v) is 10.2. The van der Waals surface area contributed by atoms with Crippen LogP contribution in [0, 0.1) is 0 Å². The Morgan fingerprint density at radius 1 is 1.21 bits per heavy atom. The molecule has 0 radical (unpaired) electrons. The first-order valence-electron chi connectivity index (χ1n) is 8.76.